The second-order valence-corrected chi connectivity index (χ2v) is 17.1. The summed E-state index contributed by atoms with van der Waals surface area (Å²) in [6, 6.07) is -3.10. The van der Waals surface area contributed by atoms with Crippen LogP contribution in [0.15, 0.2) is 0 Å². The number of nitrogens with one attached hydrogen (secondary N) is 3. The topological polar surface area (TPSA) is 443 Å². The summed E-state index contributed by atoms with van der Waals surface area (Å²) in [6.07, 6.45) is -40.7. The minimum atomic E-state index is -2.12. The standard InChI is InChI=1S/C39H67N3O26/c1-12-22(50)27(55)29(57)37(60-12)68-34-28(56)23(51)16(8-43)63-39(34)66-32-21(42-15(4)49)36(61-17(9-44)24(32)52)67-33-25(53)18(10-45)62-38(30(33)58)65-31-19(11-46)64-35(20(26(31)54)41-14(3)48)59-7-5-6-40-13(2)47/h12,16-39,43-46,50-58H,5-11H2,1-4H3,(H,40,47)(H,41,48)(H,42,49)/t12?,16?,17?,18?,19?,20?,21?,22-,23+,24-,25+,26?,27?,28?,29?,30?,31-,32?,33?,34?,35-,36+,37+,38+,39+/m1/s1. The quantitative estimate of drug-likeness (QED) is 0.0534. The van der Waals surface area contributed by atoms with Crippen LogP contribution in [0.5, 0.6) is 0 Å². The first kappa shape index (κ1) is 56.4. The Hall–Kier alpha value is -2.51. The highest BCUT2D eigenvalue weighted by molar-refractivity contribution is 5.74. The summed E-state index contributed by atoms with van der Waals surface area (Å²) in [7, 11) is 0. The van der Waals surface area contributed by atoms with E-state index >= 15 is 0 Å². The maximum absolute atomic E-state index is 12.8. The molecule has 68 heavy (non-hydrogen) atoms. The zero-order valence-electron chi connectivity index (χ0n) is 37.5. The van der Waals surface area contributed by atoms with Crippen molar-refractivity contribution in [1.29, 1.82) is 0 Å². The van der Waals surface area contributed by atoms with Crippen LogP contribution >= 0.6 is 0 Å². The first-order valence-electron chi connectivity index (χ1n) is 22.0. The van der Waals surface area contributed by atoms with Gasteiger partial charge in [0.2, 0.25) is 17.7 Å². The molecule has 5 rings (SSSR count). The van der Waals surface area contributed by atoms with Gasteiger partial charge in [0.25, 0.3) is 0 Å². The van der Waals surface area contributed by atoms with Gasteiger partial charge in [0.05, 0.1) is 39.1 Å². The van der Waals surface area contributed by atoms with Crippen molar-refractivity contribution < 1.29 is 128 Å². The molecule has 0 bridgehead atoms. The maximum Gasteiger partial charge on any atom is 0.217 e. The van der Waals surface area contributed by atoms with Gasteiger partial charge in [-0.2, -0.15) is 0 Å². The lowest BCUT2D eigenvalue weighted by Crippen LogP contribution is -2.70. The van der Waals surface area contributed by atoms with Crippen molar-refractivity contribution in [2.45, 2.75) is 188 Å². The predicted molar refractivity (Wildman–Crippen MR) is 215 cm³/mol. The van der Waals surface area contributed by atoms with Crippen molar-refractivity contribution >= 4 is 17.7 Å². The van der Waals surface area contributed by atoms with E-state index in [9.17, 15) is 80.8 Å². The van der Waals surface area contributed by atoms with E-state index in [2.05, 4.69) is 16.0 Å². The van der Waals surface area contributed by atoms with Gasteiger partial charge in [-0.1, -0.05) is 0 Å². The van der Waals surface area contributed by atoms with E-state index in [0.717, 1.165) is 13.8 Å². The van der Waals surface area contributed by atoms with E-state index in [1.54, 1.807) is 0 Å². The van der Waals surface area contributed by atoms with E-state index < -0.39 is 192 Å². The van der Waals surface area contributed by atoms with Crippen molar-refractivity contribution in [1.82, 2.24) is 16.0 Å². The lowest BCUT2D eigenvalue weighted by Gasteiger charge is -2.51. The second kappa shape index (κ2) is 25.2. The molecule has 0 radical (unpaired) electrons. The molecule has 5 fully saturated rings. The minimum absolute atomic E-state index is 0.0360. The van der Waals surface area contributed by atoms with Crippen LogP contribution in [0.4, 0.5) is 0 Å². The van der Waals surface area contributed by atoms with Gasteiger partial charge < -0.3 is 130 Å². The van der Waals surface area contributed by atoms with Gasteiger partial charge in [-0.15, -0.1) is 0 Å². The largest absolute Gasteiger partial charge is 0.394 e. The maximum atomic E-state index is 12.8. The fourth-order valence-electron chi connectivity index (χ4n) is 8.42. The van der Waals surface area contributed by atoms with Crippen molar-refractivity contribution in [2.24, 2.45) is 0 Å². The van der Waals surface area contributed by atoms with Crippen LogP contribution < -0.4 is 16.0 Å². The Labute approximate surface area is 388 Å². The first-order valence-corrected chi connectivity index (χ1v) is 22.0. The predicted octanol–water partition coefficient (Wildman–Crippen LogP) is -10.1. The summed E-state index contributed by atoms with van der Waals surface area (Å²) in [5, 5.41) is 148. The summed E-state index contributed by atoms with van der Waals surface area (Å²) < 4.78 is 58.3. The lowest BCUT2D eigenvalue weighted by atomic mass is 9.94. The van der Waals surface area contributed by atoms with Crippen LogP contribution in [0, 0.1) is 0 Å². The highest BCUT2D eigenvalue weighted by Gasteiger charge is 2.57. The number of rotatable bonds is 19. The Morgan fingerprint density at radius 2 is 0.926 bits per heavy atom. The van der Waals surface area contributed by atoms with Gasteiger partial charge >= 0.3 is 0 Å². The summed E-state index contributed by atoms with van der Waals surface area (Å²) in [6.45, 7) is 1.31. The smallest absolute Gasteiger partial charge is 0.217 e. The molecule has 5 heterocycles. The third-order valence-corrected chi connectivity index (χ3v) is 12.0. The summed E-state index contributed by atoms with van der Waals surface area (Å²) in [5.74, 6) is -1.75. The summed E-state index contributed by atoms with van der Waals surface area (Å²) in [4.78, 5) is 36.3. The number of hydrogen-bond donors (Lipinski definition) is 16. The van der Waals surface area contributed by atoms with E-state index in [1.807, 2.05) is 0 Å². The molecule has 5 saturated heterocycles. The molecular weight excluding hydrogens is 926 g/mol. The van der Waals surface area contributed by atoms with Crippen LogP contribution in [0.3, 0.4) is 0 Å². The summed E-state index contributed by atoms with van der Waals surface area (Å²) in [5.41, 5.74) is 0. The highest BCUT2D eigenvalue weighted by Crippen LogP contribution is 2.36. The molecule has 0 aromatic heterocycles. The highest BCUT2D eigenvalue weighted by atomic mass is 16.8. The van der Waals surface area contributed by atoms with Gasteiger partial charge in [-0.05, 0) is 13.3 Å². The van der Waals surface area contributed by atoms with Gasteiger partial charge in [0.15, 0.2) is 31.5 Å². The molecule has 3 amide bonds. The van der Waals surface area contributed by atoms with E-state index in [0.29, 0.717) is 0 Å². The number of carbonyl (C=O) groups excluding carboxylic acids is 3. The van der Waals surface area contributed by atoms with E-state index in [1.165, 1.54) is 13.8 Å². The van der Waals surface area contributed by atoms with Crippen molar-refractivity contribution in [3.63, 3.8) is 0 Å². The Balaban J connectivity index is 1.41. The van der Waals surface area contributed by atoms with Crippen molar-refractivity contribution in [3.8, 4) is 0 Å². The molecule has 16 N–H and O–H groups in total. The van der Waals surface area contributed by atoms with Crippen LogP contribution in [0.1, 0.15) is 34.1 Å². The number of ether oxygens (including phenoxy) is 10. The van der Waals surface area contributed by atoms with Crippen molar-refractivity contribution in [3.05, 3.63) is 0 Å². The monoisotopic (exact) mass is 993 g/mol. The molecule has 0 aromatic rings. The van der Waals surface area contributed by atoms with E-state index in [4.69, 9.17) is 47.4 Å². The third kappa shape index (κ3) is 13.1. The van der Waals surface area contributed by atoms with Crippen LogP contribution in [0.25, 0.3) is 0 Å². The zero-order chi connectivity index (χ0) is 50.3. The first-order chi connectivity index (χ1) is 32.2. The Morgan fingerprint density at radius 3 is 1.51 bits per heavy atom. The van der Waals surface area contributed by atoms with Gasteiger partial charge in [-0.25, -0.2) is 0 Å². The lowest BCUT2D eigenvalue weighted by molar-refractivity contribution is -0.389. The zero-order valence-corrected chi connectivity index (χ0v) is 37.5. The van der Waals surface area contributed by atoms with Crippen LogP contribution in [-0.4, -0.2) is 277 Å². The number of carbonyl (C=O) groups is 3. The fraction of sp³-hybridized carbons (Fsp3) is 0.923. The molecular formula is C39H67N3O26. The van der Waals surface area contributed by atoms with Crippen LogP contribution in [0.2, 0.25) is 0 Å². The Bertz CT molecular complexity index is 1610. The normalized spacial score (nSPS) is 45.6. The molecule has 29 nitrogen and oxygen atoms in total. The van der Waals surface area contributed by atoms with Gasteiger partial charge in [-0.3, -0.25) is 14.4 Å². The SMILES string of the molecule is CC(=O)NCCCO[C@@H]1OC(CO)[C@@H](O[C@@H]2OC(CO)[C@H](O)C(O[C@@H]3OC(CO)[C@@H](O)C(O[C@@H]4OC(CO)[C@H](O)C(O)C4O[C@@H]4OC(C)[C@@H](O)C(O)C4O)C3NC(C)=O)C2O)C(O)C1NC(C)=O. The van der Waals surface area contributed by atoms with E-state index in [-0.39, 0.29) is 25.5 Å². The molecule has 394 valence electrons. The Kier molecular flexibility index (Phi) is 20.9. The molecule has 15 unspecified atom stereocenters. The average molecular weight is 994 g/mol. The van der Waals surface area contributed by atoms with Crippen molar-refractivity contribution in [2.75, 3.05) is 39.6 Å². The molecule has 0 aromatic carbocycles. The summed E-state index contributed by atoms with van der Waals surface area (Å²) >= 11 is 0. The number of amides is 3. The molecule has 5 aliphatic rings. The third-order valence-electron chi connectivity index (χ3n) is 12.0. The second-order valence-electron chi connectivity index (χ2n) is 17.1. The molecule has 0 saturated carbocycles. The fourth-order valence-corrected chi connectivity index (χ4v) is 8.42. The molecule has 0 spiro atoms. The average Bonchev–Trinajstić information content (AvgIpc) is 3.29. The molecule has 5 aliphatic heterocycles. The van der Waals surface area contributed by atoms with Gasteiger partial charge in [0, 0.05) is 27.3 Å². The number of aliphatic hydroxyl groups excluding tert-OH is 13. The minimum Gasteiger partial charge on any atom is -0.394 e. The number of hydrogen-bond acceptors (Lipinski definition) is 26. The number of aliphatic hydroxyl groups is 13. The van der Waals surface area contributed by atoms with Crippen LogP contribution in [-0.2, 0) is 61.8 Å². The Morgan fingerprint density at radius 1 is 0.441 bits per heavy atom. The molecule has 0 aliphatic carbocycles. The van der Waals surface area contributed by atoms with Gasteiger partial charge in [0.1, 0.15) is 116 Å². The molecule has 29 heteroatoms. The molecule has 25 atom stereocenters.